The van der Waals surface area contributed by atoms with E-state index in [1.165, 1.54) is 5.56 Å². The van der Waals surface area contributed by atoms with Crippen LogP contribution in [-0.2, 0) is 16.0 Å². The predicted octanol–water partition coefficient (Wildman–Crippen LogP) is 2.24. The summed E-state index contributed by atoms with van der Waals surface area (Å²) in [5, 5.41) is 6.49. The minimum absolute atomic E-state index is 0.0448. The zero-order chi connectivity index (χ0) is 13.8. The molecule has 0 saturated carbocycles. The second-order valence-electron chi connectivity index (χ2n) is 4.68. The second-order valence-corrected chi connectivity index (χ2v) is 5.09. The topological polar surface area (TPSA) is 50.4 Å². The number of cyclic esters (lactones) is 1. The van der Waals surface area contributed by atoms with Crippen molar-refractivity contribution in [1.29, 1.82) is 0 Å². The Morgan fingerprint density at radius 2 is 2.11 bits per heavy atom. The number of ether oxygens (including phenoxy) is 1. The summed E-state index contributed by atoms with van der Waals surface area (Å²) in [5.74, 6) is -0.238. The molecule has 1 aliphatic heterocycles. The van der Waals surface area contributed by atoms with Crippen LogP contribution in [0.25, 0.3) is 0 Å². The van der Waals surface area contributed by atoms with Crippen molar-refractivity contribution in [2.45, 2.75) is 38.8 Å². The van der Waals surface area contributed by atoms with Crippen molar-refractivity contribution in [2.24, 2.45) is 0 Å². The summed E-state index contributed by atoms with van der Waals surface area (Å²) in [6, 6.07) is 7.71. The molecule has 2 atom stereocenters. The molecule has 0 bridgehead atoms. The molecule has 1 aromatic carbocycles. The standard InChI is InChI=1S/C14H18N2O2S/c1-3-10-4-6-11(7-5-10)15-14(19)16-12-8-9(2)18-13(12)17/h4-7,9,12H,3,8H2,1-2H3,(H2,15,16,19)/t9-,12+/m1/s1. The molecular formula is C14H18N2O2S. The molecule has 0 spiro atoms. The van der Waals surface area contributed by atoms with Gasteiger partial charge in [-0.15, -0.1) is 0 Å². The summed E-state index contributed by atoms with van der Waals surface area (Å²) in [7, 11) is 0. The Kier molecular flexibility index (Phi) is 4.37. The van der Waals surface area contributed by atoms with E-state index in [1.54, 1.807) is 0 Å². The third kappa shape index (κ3) is 3.67. The van der Waals surface area contributed by atoms with Crippen molar-refractivity contribution in [1.82, 2.24) is 5.32 Å². The second kappa shape index (κ2) is 6.02. The van der Waals surface area contributed by atoms with E-state index in [0.717, 1.165) is 12.1 Å². The number of esters is 1. The maximum absolute atomic E-state index is 11.5. The summed E-state index contributed by atoms with van der Waals surface area (Å²) >= 11 is 5.20. The Balaban J connectivity index is 1.88. The highest BCUT2D eigenvalue weighted by Gasteiger charge is 2.32. The van der Waals surface area contributed by atoms with E-state index >= 15 is 0 Å². The van der Waals surface area contributed by atoms with Crippen LogP contribution in [0.3, 0.4) is 0 Å². The summed E-state index contributed by atoms with van der Waals surface area (Å²) < 4.78 is 5.07. The zero-order valence-electron chi connectivity index (χ0n) is 11.1. The monoisotopic (exact) mass is 278 g/mol. The van der Waals surface area contributed by atoms with Crippen LogP contribution in [0.1, 0.15) is 25.8 Å². The van der Waals surface area contributed by atoms with E-state index < -0.39 is 0 Å². The number of hydrogen-bond acceptors (Lipinski definition) is 3. The number of anilines is 1. The van der Waals surface area contributed by atoms with E-state index in [0.29, 0.717) is 11.5 Å². The molecule has 5 heteroatoms. The highest BCUT2D eigenvalue weighted by molar-refractivity contribution is 7.80. The summed E-state index contributed by atoms with van der Waals surface area (Å²) in [6.45, 7) is 3.99. The fraction of sp³-hybridized carbons (Fsp3) is 0.429. The molecule has 2 rings (SSSR count). The van der Waals surface area contributed by atoms with Gasteiger partial charge in [0, 0.05) is 12.1 Å². The highest BCUT2D eigenvalue weighted by Crippen LogP contribution is 2.15. The van der Waals surface area contributed by atoms with Gasteiger partial charge in [0.1, 0.15) is 12.1 Å². The quantitative estimate of drug-likeness (QED) is 0.656. The van der Waals surface area contributed by atoms with Gasteiger partial charge in [-0.3, -0.25) is 0 Å². The number of benzene rings is 1. The van der Waals surface area contributed by atoms with Crippen LogP contribution < -0.4 is 10.6 Å². The normalized spacial score (nSPS) is 21.9. The molecule has 1 fully saturated rings. The first-order valence-electron chi connectivity index (χ1n) is 6.45. The summed E-state index contributed by atoms with van der Waals surface area (Å²) in [5.41, 5.74) is 2.19. The number of aryl methyl sites for hydroxylation is 1. The molecular weight excluding hydrogens is 260 g/mol. The van der Waals surface area contributed by atoms with E-state index in [1.807, 2.05) is 19.1 Å². The predicted molar refractivity (Wildman–Crippen MR) is 79.1 cm³/mol. The molecule has 1 saturated heterocycles. The van der Waals surface area contributed by atoms with Gasteiger partial charge < -0.3 is 15.4 Å². The molecule has 1 heterocycles. The number of rotatable bonds is 3. The Bertz CT molecular complexity index is 473. The molecule has 19 heavy (non-hydrogen) atoms. The van der Waals surface area contributed by atoms with Crippen molar-refractivity contribution < 1.29 is 9.53 Å². The number of thiocarbonyl (C=S) groups is 1. The van der Waals surface area contributed by atoms with Gasteiger partial charge >= 0.3 is 5.97 Å². The average molecular weight is 278 g/mol. The van der Waals surface area contributed by atoms with E-state index in [4.69, 9.17) is 17.0 Å². The molecule has 1 aliphatic rings. The van der Waals surface area contributed by atoms with Crippen LogP contribution in [0.15, 0.2) is 24.3 Å². The molecule has 2 N–H and O–H groups in total. The van der Waals surface area contributed by atoms with E-state index in [-0.39, 0.29) is 18.1 Å². The van der Waals surface area contributed by atoms with Crippen molar-refractivity contribution >= 4 is 29.0 Å². The van der Waals surface area contributed by atoms with Gasteiger partial charge in [-0.1, -0.05) is 19.1 Å². The van der Waals surface area contributed by atoms with Gasteiger partial charge in [0.2, 0.25) is 0 Å². The first-order chi connectivity index (χ1) is 9.08. The molecule has 1 aromatic rings. The lowest BCUT2D eigenvalue weighted by atomic mass is 10.1. The average Bonchev–Trinajstić information content (AvgIpc) is 2.68. The maximum Gasteiger partial charge on any atom is 0.329 e. The van der Waals surface area contributed by atoms with Crippen LogP contribution in [-0.4, -0.2) is 23.2 Å². The fourth-order valence-corrected chi connectivity index (χ4v) is 2.28. The van der Waals surface area contributed by atoms with Gasteiger partial charge in [-0.2, -0.15) is 0 Å². The smallest absolute Gasteiger partial charge is 0.329 e. The summed E-state index contributed by atoms with van der Waals surface area (Å²) in [6.07, 6.45) is 1.61. The van der Waals surface area contributed by atoms with Crippen molar-refractivity contribution in [3.05, 3.63) is 29.8 Å². The van der Waals surface area contributed by atoms with Gasteiger partial charge in [0.15, 0.2) is 5.11 Å². The van der Waals surface area contributed by atoms with Crippen LogP contribution in [0, 0.1) is 0 Å². The molecule has 0 aliphatic carbocycles. The minimum Gasteiger partial charge on any atom is -0.461 e. The third-order valence-electron chi connectivity index (χ3n) is 3.09. The van der Waals surface area contributed by atoms with Gasteiger partial charge in [0.25, 0.3) is 0 Å². The van der Waals surface area contributed by atoms with Crippen molar-refractivity contribution in [3.63, 3.8) is 0 Å². The lowest BCUT2D eigenvalue weighted by Gasteiger charge is -2.13. The molecule has 4 nitrogen and oxygen atoms in total. The lowest BCUT2D eigenvalue weighted by Crippen LogP contribution is -2.40. The largest absolute Gasteiger partial charge is 0.461 e. The van der Waals surface area contributed by atoms with Gasteiger partial charge in [-0.05, 0) is 43.3 Å². The van der Waals surface area contributed by atoms with Crippen LogP contribution in [0.2, 0.25) is 0 Å². The first kappa shape index (κ1) is 13.8. The van der Waals surface area contributed by atoms with E-state index in [9.17, 15) is 4.79 Å². The van der Waals surface area contributed by atoms with Crippen LogP contribution in [0.5, 0.6) is 0 Å². The van der Waals surface area contributed by atoms with Crippen LogP contribution >= 0.6 is 12.2 Å². The first-order valence-corrected chi connectivity index (χ1v) is 6.86. The van der Waals surface area contributed by atoms with Crippen LogP contribution in [0.4, 0.5) is 5.69 Å². The fourth-order valence-electron chi connectivity index (χ4n) is 2.02. The third-order valence-corrected chi connectivity index (χ3v) is 3.31. The Labute approximate surface area is 118 Å². The molecule has 102 valence electrons. The lowest BCUT2D eigenvalue weighted by molar-refractivity contribution is -0.142. The van der Waals surface area contributed by atoms with Gasteiger partial charge in [0.05, 0.1) is 0 Å². The van der Waals surface area contributed by atoms with Gasteiger partial charge in [-0.25, -0.2) is 4.79 Å². The van der Waals surface area contributed by atoms with E-state index in [2.05, 4.69) is 29.7 Å². The molecule has 0 aromatic heterocycles. The Hall–Kier alpha value is -1.62. The number of carbonyl (C=O) groups excluding carboxylic acids is 1. The molecule has 0 unspecified atom stereocenters. The zero-order valence-corrected chi connectivity index (χ0v) is 11.9. The number of hydrogen-bond donors (Lipinski definition) is 2. The van der Waals surface area contributed by atoms with Crippen molar-refractivity contribution in [3.8, 4) is 0 Å². The maximum atomic E-state index is 11.5. The Morgan fingerprint density at radius 1 is 1.42 bits per heavy atom. The number of carbonyl (C=O) groups is 1. The van der Waals surface area contributed by atoms with Crippen molar-refractivity contribution in [2.75, 3.05) is 5.32 Å². The SMILES string of the molecule is CCc1ccc(NC(=S)N[C@H]2C[C@@H](C)OC2=O)cc1. The Morgan fingerprint density at radius 3 is 2.63 bits per heavy atom. The minimum atomic E-state index is -0.343. The highest BCUT2D eigenvalue weighted by atomic mass is 32.1. The molecule has 0 amide bonds. The summed E-state index contributed by atoms with van der Waals surface area (Å²) in [4.78, 5) is 11.5. The molecule has 0 radical (unpaired) electrons. The number of nitrogens with one attached hydrogen (secondary N) is 2.